The Balaban J connectivity index is 1.70. The SMILES string of the molecule is Oc1ccc(C=Cc2c3ccccc3c(C=Cc3ccc(O)cc3)c3ccccc23)cc1. The molecule has 0 saturated heterocycles. The van der Waals surface area contributed by atoms with E-state index in [1.54, 1.807) is 24.3 Å². The second-order valence-electron chi connectivity index (χ2n) is 7.77. The molecule has 0 aromatic heterocycles. The van der Waals surface area contributed by atoms with E-state index in [0.717, 1.165) is 11.1 Å². The van der Waals surface area contributed by atoms with Crippen LogP contribution >= 0.6 is 0 Å². The van der Waals surface area contributed by atoms with Gasteiger partial charge in [-0.25, -0.2) is 0 Å². The van der Waals surface area contributed by atoms with Gasteiger partial charge in [0.15, 0.2) is 0 Å². The van der Waals surface area contributed by atoms with E-state index < -0.39 is 0 Å². The molecule has 5 rings (SSSR count). The molecule has 0 unspecified atom stereocenters. The maximum absolute atomic E-state index is 9.56. The van der Waals surface area contributed by atoms with Crippen LogP contribution in [0.4, 0.5) is 0 Å². The van der Waals surface area contributed by atoms with Crippen LogP contribution in [0.5, 0.6) is 11.5 Å². The molecule has 0 bridgehead atoms. The molecule has 154 valence electrons. The van der Waals surface area contributed by atoms with Gasteiger partial charge in [-0.3, -0.25) is 0 Å². The lowest BCUT2D eigenvalue weighted by Gasteiger charge is -2.13. The Kier molecular flexibility index (Phi) is 5.19. The van der Waals surface area contributed by atoms with E-state index in [0.29, 0.717) is 0 Å². The zero-order chi connectivity index (χ0) is 21.9. The van der Waals surface area contributed by atoms with Crippen molar-refractivity contribution in [3.05, 3.63) is 119 Å². The van der Waals surface area contributed by atoms with E-state index in [1.807, 2.05) is 24.3 Å². The number of fused-ring (bicyclic) bond motifs is 2. The summed E-state index contributed by atoms with van der Waals surface area (Å²) < 4.78 is 0. The van der Waals surface area contributed by atoms with Crippen LogP contribution in [0.1, 0.15) is 22.3 Å². The molecule has 2 N–H and O–H groups in total. The van der Waals surface area contributed by atoms with Gasteiger partial charge in [0.2, 0.25) is 0 Å². The first-order valence-corrected chi connectivity index (χ1v) is 10.6. The van der Waals surface area contributed by atoms with Gasteiger partial charge >= 0.3 is 0 Å². The molecule has 32 heavy (non-hydrogen) atoms. The third-order valence-electron chi connectivity index (χ3n) is 5.69. The van der Waals surface area contributed by atoms with Gasteiger partial charge in [0.05, 0.1) is 0 Å². The van der Waals surface area contributed by atoms with Crippen molar-refractivity contribution in [1.29, 1.82) is 0 Å². The molecule has 0 aliphatic carbocycles. The molecule has 0 heterocycles. The maximum atomic E-state index is 9.56. The van der Waals surface area contributed by atoms with Gasteiger partial charge in [-0.1, -0.05) is 97.1 Å². The highest BCUT2D eigenvalue weighted by Gasteiger charge is 2.10. The molecular formula is C30H22O2. The molecule has 2 nitrogen and oxygen atoms in total. The summed E-state index contributed by atoms with van der Waals surface area (Å²) in [5, 5.41) is 23.9. The Morgan fingerprint density at radius 3 is 1.00 bits per heavy atom. The summed E-state index contributed by atoms with van der Waals surface area (Å²) in [5.74, 6) is 0.533. The number of aromatic hydroxyl groups is 2. The predicted molar refractivity (Wildman–Crippen MR) is 136 cm³/mol. The highest BCUT2D eigenvalue weighted by molar-refractivity contribution is 6.14. The minimum absolute atomic E-state index is 0.266. The monoisotopic (exact) mass is 414 g/mol. The number of hydrogen-bond donors (Lipinski definition) is 2. The average molecular weight is 415 g/mol. The number of benzene rings is 5. The van der Waals surface area contributed by atoms with Crippen LogP contribution in [-0.4, -0.2) is 10.2 Å². The van der Waals surface area contributed by atoms with E-state index >= 15 is 0 Å². The van der Waals surface area contributed by atoms with Crippen molar-refractivity contribution in [2.45, 2.75) is 0 Å². The zero-order valence-electron chi connectivity index (χ0n) is 17.4. The minimum Gasteiger partial charge on any atom is -0.508 e. The third-order valence-corrected chi connectivity index (χ3v) is 5.69. The molecule has 2 heteroatoms. The van der Waals surface area contributed by atoms with Crippen molar-refractivity contribution < 1.29 is 10.2 Å². The Morgan fingerprint density at radius 2 is 0.688 bits per heavy atom. The normalized spacial score (nSPS) is 11.8. The summed E-state index contributed by atoms with van der Waals surface area (Å²) in [5.41, 5.74) is 4.41. The molecule has 0 atom stereocenters. The van der Waals surface area contributed by atoms with E-state index in [4.69, 9.17) is 0 Å². The lowest BCUT2D eigenvalue weighted by atomic mass is 9.91. The molecule has 0 spiro atoms. The minimum atomic E-state index is 0.266. The first-order valence-electron chi connectivity index (χ1n) is 10.6. The lowest BCUT2D eigenvalue weighted by molar-refractivity contribution is 0.474. The van der Waals surface area contributed by atoms with Gasteiger partial charge in [0.25, 0.3) is 0 Å². The summed E-state index contributed by atoms with van der Waals surface area (Å²) in [7, 11) is 0. The summed E-state index contributed by atoms with van der Waals surface area (Å²) in [4.78, 5) is 0. The first kappa shape index (κ1) is 19.7. The Bertz CT molecular complexity index is 1290. The highest BCUT2D eigenvalue weighted by atomic mass is 16.3. The van der Waals surface area contributed by atoms with Crippen molar-refractivity contribution in [3.63, 3.8) is 0 Å². The van der Waals surface area contributed by atoms with E-state index in [9.17, 15) is 10.2 Å². The third kappa shape index (κ3) is 3.86. The molecule has 5 aromatic rings. The Hall–Kier alpha value is -4.30. The van der Waals surface area contributed by atoms with Crippen molar-refractivity contribution in [2.24, 2.45) is 0 Å². The van der Waals surface area contributed by atoms with E-state index in [2.05, 4.69) is 72.8 Å². The maximum Gasteiger partial charge on any atom is 0.115 e. The van der Waals surface area contributed by atoms with Gasteiger partial charge in [-0.2, -0.15) is 0 Å². The van der Waals surface area contributed by atoms with Crippen LogP contribution in [0.25, 0.3) is 45.8 Å². The fraction of sp³-hybridized carbons (Fsp3) is 0. The topological polar surface area (TPSA) is 40.5 Å². The quantitative estimate of drug-likeness (QED) is 0.233. The van der Waals surface area contributed by atoms with Crippen LogP contribution in [0.3, 0.4) is 0 Å². The average Bonchev–Trinajstić information content (AvgIpc) is 2.83. The van der Waals surface area contributed by atoms with E-state index in [1.165, 1.54) is 32.7 Å². The molecule has 0 aliphatic heterocycles. The molecule has 0 radical (unpaired) electrons. The van der Waals surface area contributed by atoms with Gasteiger partial charge in [0, 0.05) is 0 Å². The van der Waals surface area contributed by atoms with Crippen LogP contribution in [0.2, 0.25) is 0 Å². The molecule has 0 saturated carbocycles. The molecule has 0 aliphatic rings. The van der Waals surface area contributed by atoms with Crippen LogP contribution < -0.4 is 0 Å². The number of phenolic OH excluding ortho intramolecular Hbond substituents is 2. The standard InChI is InChI=1S/C30H22O2/c31-23-15-9-21(10-16-23)13-19-29-25-5-1-2-6-26(25)30(28-8-4-3-7-27(28)29)20-14-22-11-17-24(32)18-12-22/h1-20,31-32H. The molecule has 0 fully saturated rings. The summed E-state index contributed by atoms with van der Waals surface area (Å²) >= 11 is 0. The largest absolute Gasteiger partial charge is 0.508 e. The zero-order valence-corrected chi connectivity index (χ0v) is 17.4. The van der Waals surface area contributed by atoms with Crippen molar-refractivity contribution in [1.82, 2.24) is 0 Å². The second kappa shape index (κ2) is 8.44. The van der Waals surface area contributed by atoms with Crippen LogP contribution in [0.15, 0.2) is 97.1 Å². The van der Waals surface area contributed by atoms with Gasteiger partial charge < -0.3 is 10.2 Å². The van der Waals surface area contributed by atoms with Crippen molar-refractivity contribution in [2.75, 3.05) is 0 Å². The second-order valence-corrected chi connectivity index (χ2v) is 7.77. The smallest absolute Gasteiger partial charge is 0.115 e. The number of rotatable bonds is 4. The number of hydrogen-bond acceptors (Lipinski definition) is 2. The molecule has 5 aromatic carbocycles. The fourth-order valence-electron chi connectivity index (χ4n) is 4.08. The summed E-state index contributed by atoms with van der Waals surface area (Å²) in [6.07, 6.45) is 8.48. The molecular weight excluding hydrogens is 392 g/mol. The lowest BCUT2D eigenvalue weighted by Crippen LogP contribution is -1.88. The fourth-order valence-corrected chi connectivity index (χ4v) is 4.08. The number of phenols is 2. The molecule has 0 amide bonds. The predicted octanol–water partition coefficient (Wildman–Crippen LogP) is 7.75. The Morgan fingerprint density at radius 1 is 0.375 bits per heavy atom. The Labute approximate surface area is 187 Å². The van der Waals surface area contributed by atoms with Crippen LogP contribution in [-0.2, 0) is 0 Å². The van der Waals surface area contributed by atoms with Gasteiger partial charge in [-0.05, 0) is 68.1 Å². The first-order chi connectivity index (χ1) is 15.7. The summed E-state index contributed by atoms with van der Waals surface area (Å²) in [6.45, 7) is 0. The summed E-state index contributed by atoms with van der Waals surface area (Å²) in [6, 6.07) is 31.4. The van der Waals surface area contributed by atoms with Crippen molar-refractivity contribution in [3.8, 4) is 11.5 Å². The van der Waals surface area contributed by atoms with Crippen molar-refractivity contribution >= 4 is 45.8 Å². The van der Waals surface area contributed by atoms with E-state index in [-0.39, 0.29) is 11.5 Å². The van der Waals surface area contributed by atoms with Crippen LogP contribution in [0, 0.1) is 0 Å². The van der Waals surface area contributed by atoms with Gasteiger partial charge in [0.1, 0.15) is 11.5 Å². The highest BCUT2D eigenvalue weighted by Crippen LogP contribution is 2.35. The van der Waals surface area contributed by atoms with Gasteiger partial charge in [-0.15, -0.1) is 0 Å².